The first-order chi connectivity index (χ1) is 9.15. The molecule has 2 unspecified atom stereocenters. The quantitative estimate of drug-likeness (QED) is 0.634. The third-order valence-corrected chi connectivity index (χ3v) is 3.20. The Labute approximate surface area is 115 Å². The van der Waals surface area contributed by atoms with Gasteiger partial charge in [-0.2, -0.15) is 0 Å². The van der Waals surface area contributed by atoms with Gasteiger partial charge in [0.2, 0.25) is 0 Å². The fourth-order valence-corrected chi connectivity index (χ4v) is 2.16. The van der Waals surface area contributed by atoms with E-state index in [2.05, 4.69) is 21.9 Å². The molecular weight excluding hydrogens is 248 g/mol. The smallest absolute Gasteiger partial charge is 0.407 e. The van der Waals surface area contributed by atoms with Crippen LogP contribution in [0.2, 0.25) is 0 Å². The number of β-amino-alcohol motifs (C(OH)–C–C–N with tert-alkyl or cyclic N) is 1. The minimum Gasteiger partial charge on any atom is -0.453 e. The molecule has 0 aromatic rings. The molecule has 6 heteroatoms. The van der Waals surface area contributed by atoms with E-state index in [-0.39, 0.29) is 6.04 Å². The summed E-state index contributed by atoms with van der Waals surface area (Å²) < 4.78 is 9.96. The number of alkyl carbamates (subject to hydrolysis) is 1. The highest BCUT2D eigenvalue weighted by atomic mass is 16.5. The summed E-state index contributed by atoms with van der Waals surface area (Å²) in [5.74, 6) is 0. The van der Waals surface area contributed by atoms with Gasteiger partial charge in [-0.1, -0.05) is 13.3 Å². The molecule has 1 aliphatic rings. The van der Waals surface area contributed by atoms with E-state index in [0.29, 0.717) is 19.8 Å². The molecular formula is C13H26N2O4. The second-order valence-electron chi connectivity index (χ2n) is 4.96. The number of nitrogens with zero attached hydrogens (tertiary/aromatic N) is 1. The summed E-state index contributed by atoms with van der Waals surface area (Å²) in [5, 5.41) is 12.6. The number of carbonyl (C=O) groups excluding carboxylic acids is 1. The van der Waals surface area contributed by atoms with E-state index >= 15 is 0 Å². The van der Waals surface area contributed by atoms with Crippen LogP contribution in [-0.4, -0.2) is 68.2 Å². The summed E-state index contributed by atoms with van der Waals surface area (Å²) in [7, 11) is 1.36. The maximum Gasteiger partial charge on any atom is 0.407 e. The molecule has 1 rings (SSSR count). The average molecular weight is 274 g/mol. The molecule has 1 heterocycles. The van der Waals surface area contributed by atoms with E-state index in [1.807, 2.05) is 0 Å². The SMILES string of the molecule is CCCCOCC(O)CN1CCC(NC(=O)OC)C1. The Morgan fingerprint density at radius 1 is 1.58 bits per heavy atom. The van der Waals surface area contributed by atoms with Gasteiger partial charge in [-0.05, 0) is 12.8 Å². The molecule has 0 aliphatic carbocycles. The lowest BCUT2D eigenvalue weighted by atomic mass is 10.3. The van der Waals surface area contributed by atoms with Crippen LogP contribution in [0, 0.1) is 0 Å². The summed E-state index contributed by atoms with van der Waals surface area (Å²) in [6, 6.07) is 0.112. The molecule has 0 aromatic heterocycles. The number of ether oxygens (including phenoxy) is 2. The number of unbranched alkanes of at least 4 members (excludes halogenated alkanes) is 1. The molecule has 0 spiro atoms. The maximum absolute atomic E-state index is 11.1. The van der Waals surface area contributed by atoms with Crippen LogP contribution in [0.3, 0.4) is 0 Å². The predicted octanol–water partition coefficient (Wildman–Crippen LogP) is 0.594. The van der Waals surface area contributed by atoms with Gasteiger partial charge in [0.15, 0.2) is 0 Å². The van der Waals surface area contributed by atoms with Gasteiger partial charge >= 0.3 is 6.09 Å². The standard InChI is InChI=1S/C13H26N2O4/c1-3-4-7-19-10-12(16)9-15-6-5-11(8-15)14-13(17)18-2/h11-12,16H,3-10H2,1-2H3,(H,14,17). The van der Waals surface area contributed by atoms with Crippen molar-refractivity contribution in [3.63, 3.8) is 0 Å². The molecule has 2 N–H and O–H groups in total. The van der Waals surface area contributed by atoms with Gasteiger partial charge in [0.1, 0.15) is 0 Å². The Morgan fingerprint density at radius 3 is 3.05 bits per heavy atom. The van der Waals surface area contributed by atoms with Crippen LogP contribution >= 0.6 is 0 Å². The van der Waals surface area contributed by atoms with E-state index in [9.17, 15) is 9.90 Å². The first-order valence-corrected chi connectivity index (χ1v) is 6.98. The van der Waals surface area contributed by atoms with E-state index in [1.54, 1.807) is 0 Å². The molecule has 0 aromatic carbocycles. The van der Waals surface area contributed by atoms with E-state index in [4.69, 9.17) is 4.74 Å². The number of nitrogens with one attached hydrogen (secondary N) is 1. The fourth-order valence-electron chi connectivity index (χ4n) is 2.16. The number of methoxy groups -OCH3 is 1. The van der Waals surface area contributed by atoms with E-state index in [1.165, 1.54) is 7.11 Å². The normalized spacial score (nSPS) is 21.3. The van der Waals surface area contributed by atoms with Gasteiger partial charge in [-0.25, -0.2) is 4.79 Å². The Hall–Kier alpha value is -0.850. The zero-order chi connectivity index (χ0) is 14.1. The van der Waals surface area contributed by atoms with Crippen molar-refractivity contribution >= 4 is 6.09 Å². The average Bonchev–Trinajstić information content (AvgIpc) is 2.81. The lowest BCUT2D eigenvalue weighted by Crippen LogP contribution is -2.39. The van der Waals surface area contributed by atoms with Gasteiger partial charge < -0.3 is 19.9 Å². The van der Waals surface area contributed by atoms with Crippen molar-refractivity contribution in [1.82, 2.24) is 10.2 Å². The van der Waals surface area contributed by atoms with Gasteiger partial charge in [-0.15, -0.1) is 0 Å². The molecule has 0 radical (unpaired) electrons. The van der Waals surface area contributed by atoms with Crippen LogP contribution in [0.1, 0.15) is 26.2 Å². The second-order valence-corrected chi connectivity index (χ2v) is 4.96. The van der Waals surface area contributed by atoms with Crippen LogP contribution in [-0.2, 0) is 9.47 Å². The van der Waals surface area contributed by atoms with Crippen LogP contribution in [0.15, 0.2) is 0 Å². The fraction of sp³-hybridized carbons (Fsp3) is 0.923. The van der Waals surface area contributed by atoms with Crippen molar-refractivity contribution in [1.29, 1.82) is 0 Å². The number of hydrogen-bond acceptors (Lipinski definition) is 5. The number of amides is 1. The number of carbonyl (C=O) groups is 1. The first-order valence-electron chi connectivity index (χ1n) is 6.98. The van der Waals surface area contributed by atoms with Crippen LogP contribution in [0.25, 0.3) is 0 Å². The number of likely N-dealkylation sites (tertiary alicyclic amines) is 1. The summed E-state index contributed by atoms with van der Waals surface area (Å²) in [4.78, 5) is 13.2. The molecule has 112 valence electrons. The zero-order valence-electron chi connectivity index (χ0n) is 11.9. The molecule has 1 saturated heterocycles. The van der Waals surface area contributed by atoms with Crippen molar-refractivity contribution < 1.29 is 19.4 Å². The van der Waals surface area contributed by atoms with Gasteiger partial charge in [0.25, 0.3) is 0 Å². The number of hydrogen-bond donors (Lipinski definition) is 2. The minimum atomic E-state index is -0.464. The van der Waals surface area contributed by atoms with Crippen LogP contribution in [0.4, 0.5) is 4.79 Å². The molecule has 0 bridgehead atoms. The van der Waals surface area contributed by atoms with Gasteiger partial charge in [0, 0.05) is 32.3 Å². The summed E-state index contributed by atoms with van der Waals surface area (Å²) in [6.45, 7) is 5.41. The molecule has 0 saturated carbocycles. The summed E-state index contributed by atoms with van der Waals surface area (Å²) in [5.41, 5.74) is 0. The number of aliphatic hydroxyl groups excluding tert-OH is 1. The van der Waals surface area contributed by atoms with E-state index in [0.717, 1.165) is 32.4 Å². The monoisotopic (exact) mass is 274 g/mol. The minimum absolute atomic E-state index is 0.112. The lowest BCUT2D eigenvalue weighted by molar-refractivity contribution is 0.0193. The van der Waals surface area contributed by atoms with Crippen LogP contribution < -0.4 is 5.32 Å². The van der Waals surface area contributed by atoms with Gasteiger partial charge in [0.05, 0.1) is 19.8 Å². The first kappa shape index (κ1) is 16.2. The molecule has 2 atom stereocenters. The topological polar surface area (TPSA) is 71.0 Å². The Bertz CT molecular complexity index is 263. The Kier molecular flexibility index (Phi) is 7.78. The summed E-state index contributed by atoms with van der Waals surface area (Å²) in [6.07, 6.45) is 2.16. The number of aliphatic hydroxyl groups is 1. The highest BCUT2D eigenvalue weighted by molar-refractivity contribution is 5.67. The Balaban J connectivity index is 2.11. The molecule has 1 amide bonds. The van der Waals surface area contributed by atoms with Crippen LogP contribution in [0.5, 0.6) is 0 Å². The molecule has 19 heavy (non-hydrogen) atoms. The van der Waals surface area contributed by atoms with Crippen molar-refractivity contribution in [2.75, 3.05) is 40.0 Å². The molecule has 6 nitrogen and oxygen atoms in total. The third-order valence-electron chi connectivity index (χ3n) is 3.20. The molecule has 1 fully saturated rings. The summed E-state index contributed by atoms with van der Waals surface area (Å²) >= 11 is 0. The van der Waals surface area contributed by atoms with Gasteiger partial charge in [-0.3, -0.25) is 4.90 Å². The highest BCUT2D eigenvalue weighted by Gasteiger charge is 2.25. The number of rotatable bonds is 8. The predicted molar refractivity (Wildman–Crippen MR) is 72.1 cm³/mol. The largest absolute Gasteiger partial charge is 0.453 e. The highest BCUT2D eigenvalue weighted by Crippen LogP contribution is 2.10. The third kappa shape index (κ3) is 6.75. The van der Waals surface area contributed by atoms with Crippen molar-refractivity contribution in [3.8, 4) is 0 Å². The van der Waals surface area contributed by atoms with E-state index < -0.39 is 12.2 Å². The van der Waals surface area contributed by atoms with Crippen molar-refractivity contribution in [2.45, 2.75) is 38.3 Å². The van der Waals surface area contributed by atoms with Crippen molar-refractivity contribution in [3.05, 3.63) is 0 Å². The maximum atomic E-state index is 11.1. The Morgan fingerprint density at radius 2 is 2.37 bits per heavy atom. The zero-order valence-corrected chi connectivity index (χ0v) is 11.9. The lowest BCUT2D eigenvalue weighted by Gasteiger charge is -2.20. The van der Waals surface area contributed by atoms with Crippen molar-refractivity contribution in [2.24, 2.45) is 0 Å². The molecule has 1 aliphatic heterocycles. The second kappa shape index (κ2) is 9.12.